The highest BCUT2D eigenvalue weighted by atomic mass is 35.5. The lowest BCUT2D eigenvalue weighted by Gasteiger charge is -2.14. The molecule has 1 atom stereocenters. The third-order valence-corrected chi connectivity index (χ3v) is 2.30. The van der Waals surface area contributed by atoms with Crippen molar-refractivity contribution in [2.24, 2.45) is 0 Å². The number of rotatable bonds is 4. The largest absolute Gasteiger partial charge is 0.487 e. The molecule has 5 heteroatoms. The molecule has 1 rings (SSSR count). The highest BCUT2D eigenvalue weighted by Gasteiger charge is 2.13. The van der Waals surface area contributed by atoms with E-state index in [1.165, 1.54) is 0 Å². The summed E-state index contributed by atoms with van der Waals surface area (Å²) < 4.78 is 5.34. The van der Waals surface area contributed by atoms with Crippen molar-refractivity contribution in [3.05, 3.63) is 28.2 Å². The van der Waals surface area contributed by atoms with Crippen molar-refractivity contribution < 1.29 is 14.6 Å². The zero-order valence-electron chi connectivity index (χ0n) is 8.04. The Morgan fingerprint density at radius 1 is 1.47 bits per heavy atom. The molecule has 1 aromatic carbocycles. The molecule has 0 unspecified atom stereocenters. The van der Waals surface area contributed by atoms with Crippen molar-refractivity contribution in [3.63, 3.8) is 0 Å². The highest BCUT2D eigenvalue weighted by Crippen LogP contribution is 2.33. The molecule has 0 bridgehead atoms. The van der Waals surface area contributed by atoms with Crippen LogP contribution in [0.5, 0.6) is 5.75 Å². The van der Waals surface area contributed by atoms with Gasteiger partial charge in [-0.1, -0.05) is 29.3 Å². The minimum absolute atomic E-state index is 0.0957. The van der Waals surface area contributed by atoms with Crippen LogP contribution in [0.25, 0.3) is 0 Å². The summed E-state index contributed by atoms with van der Waals surface area (Å²) in [5.41, 5.74) is 0. The molecule has 0 aliphatic heterocycles. The SMILES string of the molecule is C[C@@H](CC(=O)O)Oc1c(Cl)cccc1Cl. The number of carboxylic acid groups (broad SMARTS) is 1. The summed E-state index contributed by atoms with van der Waals surface area (Å²) in [5.74, 6) is -0.597. The topological polar surface area (TPSA) is 46.5 Å². The second-order valence-corrected chi connectivity index (χ2v) is 3.89. The van der Waals surface area contributed by atoms with E-state index >= 15 is 0 Å². The number of benzene rings is 1. The minimum atomic E-state index is -0.925. The summed E-state index contributed by atoms with van der Waals surface area (Å²) in [4.78, 5) is 10.4. The zero-order chi connectivity index (χ0) is 11.4. The van der Waals surface area contributed by atoms with Gasteiger partial charge in [-0.25, -0.2) is 0 Å². The maximum absolute atomic E-state index is 10.4. The lowest BCUT2D eigenvalue weighted by Crippen LogP contribution is -2.16. The number of halogens is 2. The lowest BCUT2D eigenvalue weighted by atomic mass is 10.3. The van der Waals surface area contributed by atoms with Crippen LogP contribution < -0.4 is 4.74 Å². The van der Waals surface area contributed by atoms with E-state index in [0.717, 1.165) is 0 Å². The first kappa shape index (κ1) is 12.1. The van der Waals surface area contributed by atoms with Crippen LogP contribution in [0.15, 0.2) is 18.2 Å². The molecular formula is C10H10Cl2O3. The van der Waals surface area contributed by atoms with Gasteiger partial charge in [0.05, 0.1) is 16.5 Å². The Morgan fingerprint density at radius 2 is 2.00 bits per heavy atom. The van der Waals surface area contributed by atoms with E-state index in [4.69, 9.17) is 33.0 Å². The van der Waals surface area contributed by atoms with Crippen LogP contribution in [0.3, 0.4) is 0 Å². The van der Waals surface area contributed by atoms with Crippen LogP contribution >= 0.6 is 23.2 Å². The lowest BCUT2D eigenvalue weighted by molar-refractivity contribution is -0.138. The molecule has 0 saturated carbocycles. The predicted molar refractivity (Wildman–Crippen MR) is 58.8 cm³/mol. The normalized spacial score (nSPS) is 12.2. The number of hydrogen-bond donors (Lipinski definition) is 1. The Labute approximate surface area is 97.6 Å². The monoisotopic (exact) mass is 248 g/mol. The van der Waals surface area contributed by atoms with Crippen molar-refractivity contribution >= 4 is 29.2 Å². The highest BCUT2D eigenvalue weighted by molar-refractivity contribution is 6.37. The molecule has 0 amide bonds. The summed E-state index contributed by atoms with van der Waals surface area (Å²) in [5, 5.41) is 9.30. The van der Waals surface area contributed by atoms with Crippen LogP contribution in [0, 0.1) is 0 Å². The first-order valence-corrected chi connectivity index (χ1v) is 5.08. The molecule has 0 heterocycles. The van der Waals surface area contributed by atoms with Crippen molar-refractivity contribution in [2.45, 2.75) is 19.4 Å². The fourth-order valence-electron chi connectivity index (χ4n) is 1.08. The molecule has 0 radical (unpaired) electrons. The van der Waals surface area contributed by atoms with Gasteiger partial charge in [-0.05, 0) is 19.1 Å². The van der Waals surface area contributed by atoms with Gasteiger partial charge in [0.1, 0.15) is 6.10 Å². The van der Waals surface area contributed by atoms with E-state index in [9.17, 15) is 4.79 Å². The van der Waals surface area contributed by atoms with Gasteiger partial charge in [-0.15, -0.1) is 0 Å². The number of carbonyl (C=O) groups is 1. The fraction of sp³-hybridized carbons (Fsp3) is 0.300. The molecule has 1 N–H and O–H groups in total. The number of ether oxygens (including phenoxy) is 1. The van der Waals surface area contributed by atoms with Gasteiger partial charge in [0, 0.05) is 0 Å². The smallest absolute Gasteiger partial charge is 0.307 e. The summed E-state index contributed by atoms with van der Waals surface area (Å²) in [6.07, 6.45) is -0.568. The van der Waals surface area contributed by atoms with Gasteiger partial charge in [0.2, 0.25) is 0 Å². The molecule has 0 aromatic heterocycles. The number of para-hydroxylation sites is 1. The number of aliphatic carboxylic acids is 1. The molecule has 3 nitrogen and oxygen atoms in total. The summed E-state index contributed by atoms with van der Waals surface area (Å²) >= 11 is 11.7. The van der Waals surface area contributed by atoms with Gasteiger partial charge < -0.3 is 9.84 Å². The Balaban J connectivity index is 2.76. The zero-order valence-corrected chi connectivity index (χ0v) is 9.55. The number of hydrogen-bond acceptors (Lipinski definition) is 2. The molecular weight excluding hydrogens is 239 g/mol. The van der Waals surface area contributed by atoms with Crippen LogP contribution in [-0.4, -0.2) is 17.2 Å². The van der Waals surface area contributed by atoms with Gasteiger partial charge in [-0.2, -0.15) is 0 Å². The quantitative estimate of drug-likeness (QED) is 0.890. The van der Waals surface area contributed by atoms with Crippen LogP contribution in [0.2, 0.25) is 10.0 Å². The van der Waals surface area contributed by atoms with E-state index in [2.05, 4.69) is 0 Å². The maximum atomic E-state index is 10.4. The van der Waals surface area contributed by atoms with E-state index < -0.39 is 12.1 Å². The van der Waals surface area contributed by atoms with Crippen molar-refractivity contribution in [1.29, 1.82) is 0 Å². The molecule has 15 heavy (non-hydrogen) atoms. The number of carboxylic acids is 1. The molecule has 0 saturated heterocycles. The summed E-state index contributed by atoms with van der Waals surface area (Å²) in [6.45, 7) is 1.65. The Bertz CT molecular complexity index is 345. The van der Waals surface area contributed by atoms with Gasteiger partial charge in [0.15, 0.2) is 5.75 Å². The Kier molecular flexibility index (Phi) is 4.24. The van der Waals surface area contributed by atoms with Gasteiger partial charge >= 0.3 is 5.97 Å². The van der Waals surface area contributed by atoms with E-state index in [-0.39, 0.29) is 6.42 Å². The predicted octanol–water partition coefficient (Wildman–Crippen LogP) is 3.24. The Hall–Kier alpha value is -0.930. The average molecular weight is 249 g/mol. The van der Waals surface area contributed by atoms with Crippen LogP contribution in [0.4, 0.5) is 0 Å². The molecule has 0 fully saturated rings. The Morgan fingerprint density at radius 3 is 2.47 bits per heavy atom. The molecule has 0 spiro atoms. The average Bonchev–Trinajstić information content (AvgIpc) is 2.10. The van der Waals surface area contributed by atoms with Crippen molar-refractivity contribution in [1.82, 2.24) is 0 Å². The second-order valence-electron chi connectivity index (χ2n) is 3.08. The molecule has 0 aliphatic carbocycles. The van der Waals surface area contributed by atoms with E-state index in [1.54, 1.807) is 25.1 Å². The maximum Gasteiger partial charge on any atom is 0.307 e. The third kappa shape index (κ3) is 3.61. The van der Waals surface area contributed by atoms with Crippen molar-refractivity contribution in [2.75, 3.05) is 0 Å². The summed E-state index contributed by atoms with van der Waals surface area (Å²) in [7, 11) is 0. The van der Waals surface area contributed by atoms with Crippen LogP contribution in [-0.2, 0) is 4.79 Å². The minimum Gasteiger partial charge on any atom is -0.487 e. The first-order valence-electron chi connectivity index (χ1n) is 4.33. The molecule has 0 aliphatic rings. The van der Waals surface area contributed by atoms with Gasteiger partial charge in [-0.3, -0.25) is 4.79 Å². The fourth-order valence-corrected chi connectivity index (χ4v) is 1.57. The standard InChI is InChI=1S/C10H10Cl2O3/c1-6(5-9(13)14)15-10-7(11)3-2-4-8(10)12/h2-4,6H,5H2,1H3,(H,13,14)/t6-/m0/s1. The summed E-state index contributed by atoms with van der Waals surface area (Å²) in [6, 6.07) is 4.96. The van der Waals surface area contributed by atoms with Gasteiger partial charge in [0.25, 0.3) is 0 Å². The van der Waals surface area contributed by atoms with Crippen molar-refractivity contribution in [3.8, 4) is 5.75 Å². The van der Waals surface area contributed by atoms with E-state index in [1.807, 2.05) is 0 Å². The van der Waals surface area contributed by atoms with E-state index in [0.29, 0.717) is 15.8 Å². The second kappa shape index (κ2) is 5.24. The molecule has 1 aromatic rings. The van der Waals surface area contributed by atoms with Crippen LogP contribution in [0.1, 0.15) is 13.3 Å². The first-order chi connectivity index (χ1) is 7.00. The third-order valence-electron chi connectivity index (χ3n) is 1.70. The molecule has 82 valence electrons.